The number of carbonyl (C=O) groups excluding carboxylic acids is 1. The fourth-order valence-electron chi connectivity index (χ4n) is 3.08. The van der Waals surface area contributed by atoms with Crippen molar-refractivity contribution >= 4 is 27.5 Å². The Morgan fingerprint density at radius 3 is 2.67 bits per heavy atom. The van der Waals surface area contributed by atoms with Gasteiger partial charge in [0.25, 0.3) is 0 Å². The van der Waals surface area contributed by atoms with Crippen molar-refractivity contribution in [2.45, 2.75) is 43.1 Å². The smallest absolute Gasteiger partial charge is 0.235 e. The number of hydrogen-bond acceptors (Lipinski definition) is 6. The second-order valence-corrected chi connectivity index (χ2v) is 10.3. The lowest BCUT2D eigenvalue weighted by Gasteiger charge is -2.25. The van der Waals surface area contributed by atoms with Crippen LogP contribution in [-0.4, -0.2) is 64.3 Å². The largest absolute Gasteiger partial charge is 0.341 e. The minimum absolute atomic E-state index is 0.0468. The number of nitrogens with one attached hydrogen (secondary N) is 1. The number of aromatic nitrogens is 3. The predicted octanol–water partition coefficient (Wildman–Crippen LogP) is 2.16. The van der Waals surface area contributed by atoms with Crippen LogP contribution >= 0.6 is 11.8 Å². The highest BCUT2D eigenvalue weighted by Gasteiger charge is 2.34. The van der Waals surface area contributed by atoms with Crippen molar-refractivity contribution in [2.24, 2.45) is 0 Å². The zero-order valence-corrected chi connectivity index (χ0v) is 17.3. The lowest BCUT2D eigenvalue weighted by molar-refractivity contribution is -0.130. The van der Waals surface area contributed by atoms with Crippen molar-refractivity contribution in [1.82, 2.24) is 20.1 Å². The number of hydrogen-bond donors (Lipinski definition) is 1. The third kappa shape index (κ3) is 4.70. The van der Waals surface area contributed by atoms with Gasteiger partial charge in [-0.25, -0.2) is 13.4 Å². The Morgan fingerprint density at radius 2 is 2.07 bits per heavy atom. The van der Waals surface area contributed by atoms with Gasteiger partial charge in [-0.15, -0.1) is 5.10 Å². The summed E-state index contributed by atoms with van der Waals surface area (Å²) in [5.74, 6) is 0.749. The molecular formula is C18H24N4O3S2. The van der Waals surface area contributed by atoms with Gasteiger partial charge in [-0.05, 0) is 25.3 Å². The zero-order chi connectivity index (χ0) is 19.6. The average Bonchev–Trinajstić information content (AvgIpc) is 3.26. The molecule has 1 aromatic carbocycles. The van der Waals surface area contributed by atoms with E-state index in [0.29, 0.717) is 17.4 Å². The zero-order valence-electron chi connectivity index (χ0n) is 15.7. The highest BCUT2D eigenvalue weighted by Crippen LogP contribution is 2.25. The van der Waals surface area contributed by atoms with Gasteiger partial charge in [-0.2, -0.15) is 0 Å². The number of carbonyl (C=O) groups is 1. The second kappa shape index (κ2) is 8.02. The van der Waals surface area contributed by atoms with E-state index in [4.69, 9.17) is 0 Å². The van der Waals surface area contributed by atoms with E-state index in [-0.39, 0.29) is 23.5 Å². The Hall–Kier alpha value is -1.87. The summed E-state index contributed by atoms with van der Waals surface area (Å²) in [5, 5.41) is 7.21. The number of H-pyrrole nitrogens is 1. The van der Waals surface area contributed by atoms with Crippen molar-refractivity contribution in [3.8, 4) is 11.4 Å². The summed E-state index contributed by atoms with van der Waals surface area (Å²) in [6, 6.07) is 7.86. The van der Waals surface area contributed by atoms with Crippen LogP contribution in [0.5, 0.6) is 0 Å². The first kappa shape index (κ1) is 19.9. The molecular weight excluding hydrogens is 384 g/mol. The lowest BCUT2D eigenvalue weighted by atomic mass is 10.1. The summed E-state index contributed by atoms with van der Waals surface area (Å²) >= 11 is 1.27. The molecule has 0 spiro atoms. The Balaban J connectivity index is 1.63. The molecule has 1 aliphatic heterocycles. The number of amides is 1. The van der Waals surface area contributed by atoms with Gasteiger partial charge in [0, 0.05) is 18.7 Å². The average molecular weight is 409 g/mol. The summed E-state index contributed by atoms with van der Waals surface area (Å²) in [4.78, 5) is 18.7. The third-order valence-electron chi connectivity index (χ3n) is 4.83. The van der Waals surface area contributed by atoms with Crippen LogP contribution in [0, 0.1) is 0 Å². The van der Waals surface area contributed by atoms with E-state index >= 15 is 0 Å². The molecule has 0 bridgehead atoms. The number of benzene rings is 1. The molecule has 1 amide bonds. The maximum Gasteiger partial charge on any atom is 0.235 e. The Bertz CT molecular complexity index is 909. The minimum atomic E-state index is -3.02. The first-order valence-electron chi connectivity index (χ1n) is 8.94. The molecule has 146 valence electrons. The fourth-order valence-corrected chi connectivity index (χ4v) is 5.68. The Kier molecular flexibility index (Phi) is 5.90. The molecule has 2 aromatic rings. The summed E-state index contributed by atoms with van der Waals surface area (Å²) in [5.41, 5.74) is 2.20. The summed E-state index contributed by atoms with van der Waals surface area (Å²) < 4.78 is 23.3. The van der Waals surface area contributed by atoms with Gasteiger partial charge in [0.2, 0.25) is 11.1 Å². The molecule has 1 fully saturated rings. The molecule has 2 heterocycles. The molecule has 7 nitrogen and oxygen atoms in total. The van der Waals surface area contributed by atoms with Crippen LogP contribution in [0.4, 0.5) is 0 Å². The first-order valence-corrected chi connectivity index (χ1v) is 11.6. The van der Waals surface area contributed by atoms with E-state index in [9.17, 15) is 13.2 Å². The maximum atomic E-state index is 12.6. The predicted molar refractivity (Wildman–Crippen MR) is 106 cm³/mol. The summed E-state index contributed by atoms with van der Waals surface area (Å²) in [6.45, 7) is 3.90. The van der Waals surface area contributed by atoms with Crippen molar-refractivity contribution in [3.63, 3.8) is 0 Å². The van der Waals surface area contributed by atoms with Crippen LogP contribution in [0.25, 0.3) is 11.4 Å². The third-order valence-corrected chi connectivity index (χ3v) is 7.53. The number of thioether (sulfide) groups is 1. The second-order valence-electron chi connectivity index (χ2n) is 6.78. The van der Waals surface area contributed by atoms with E-state index in [2.05, 4.69) is 34.2 Å². The molecule has 2 atom stereocenters. The Labute approximate surface area is 163 Å². The molecule has 0 radical (unpaired) electrons. The van der Waals surface area contributed by atoms with E-state index in [1.54, 1.807) is 18.9 Å². The molecule has 1 saturated heterocycles. The van der Waals surface area contributed by atoms with Gasteiger partial charge in [-0.1, -0.05) is 43.0 Å². The molecule has 1 aromatic heterocycles. The topological polar surface area (TPSA) is 96.0 Å². The SMILES string of the molecule is CCc1ccc(-c2nc(S[C@H](C)C(=O)N(C)[C@@H]3CCS(=O)(=O)C3)n[nH]2)cc1. The van der Waals surface area contributed by atoms with Crippen LogP contribution in [0.1, 0.15) is 25.8 Å². The molecule has 0 unspecified atom stereocenters. The van der Waals surface area contributed by atoms with Crippen LogP contribution in [0.2, 0.25) is 0 Å². The van der Waals surface area contributed by atoms with Gasteiger partial charge >= 0.3 is 0 Å². The number of rotatable bonds is 6. The lowest BCUT2D eigenvalue weighted by Crippen LogP contribution is -2.41. The van der Waals surface area contributed by atoms with Crippen LogP contribution in [-0.2, 0) is 21.1 Å². The number of aryl methyl sites for hydroxylation is 1. The number of aromatic amines is 1. The summed E-state index contributed by atoms with van der Waals surface area (Å²) in [7, 11) is -1.35. The molecule has 0 saturated carbocycles. The number of sulfone groups is 1. The van der Waals surface area contributed by atoms with E-state index < -0.39 is 15.1 Å². The van der Waals surface area contributed by atoms with E-state index in [1.165, 1.54) is 17.3 Å². The molecule has 1 aliphatic rings. The van der Waals surface area contributed by atoms with Gasteiger partial charge in [0.1, 0.15) is 0 Å². The Morgan fingerprint density at radius 1 is 1.37 bits per heavy atom. The highest BCUT2D eigenvalue weighted by molar-refractivity contribution is 8.00. The van der Waals surface area contributed by atoms with Crippen LogP contribution in [0.3, 0.4) is 0 Å². The molecule has 27 heavy (non-hydrogen) atoms. The van der Waals surface area contributed by atoms with Crippen molar-refractivity contribution in [3.05, 3.63) is 29.8 Å². The minimum Gasteiger partial charge on any atom is -0.341 e. The molecule has 3 rings (SSSR count). The summed E-state index contributed by atoms with van der Waals surface area (Å²) in [6.07, 6.45) is 1.48. The van der Waals surface area contributed by atoms with Gasteiger partial charge in [0.05, 0.1) is 16.8 Å². The van der Waals surface area contributed by atoms with Gasteiger partial charge < -0.3 is 4.90 Å². The van der Waals surface area contributed by atoms with E-state index in [1.807, 2.05) is 12.1 Å². The quantitative estimate of drug-likeness (QED) is 0.736. The standard InChI is InChI=1S/C18H24N4O3S2/c1-4-13-5-7-14(8-6-13)16-19-18(21-20-16)26-12(2)17(23)22(3)15-9-10-27(24,25)11-15/h5-8,12,15H,4,9-11H2,1-3H3,(H,19,20,21)/t12-,15-/m1/s1. The van der Waals surface area contributed by atoms with Crippen molar-refractivity contribution in [1.29, 1.82) is 0 Å². The fraction of sp³-hybridized carbons (Fsp3) is 0.500. The highest BCUT2D eigenvalue weighted by atomic mass is 32.2. The van der Waals surface area contributed by atoms with E-state index in [0.717, 1.165) is 12.0 Å². The van der Waals surface area contributed by atoms with Crippen LogP contribution < -0.4 is 0 Å². The van der Waals surface area contributed by atoms with Gasteiger partial charge in [-0.3, -0.25) is 9.89 Å². The van der Waals surface area contributed by atoms with Gasteiger partial charge in [0.15, 0.2) is 15.7 Å². The normalized spacial score (nSPS) is 19.7. The first-order chi connectivity index (χ1) is 12.8. The van der Waals surface area contributed by atoms with Crippen molar-refractivity contribution < 1.29 is 13.2 Å². The molecule has 0 aliphatic carbocycles. The number of nitrogens with zero attached hydrogens (tertiary/aromatic N) is 3. The molecule has 1 N–H and O–H groups in total. The van der Waals surface area contributed by atoms with Crippen LogP contribution in [0.15, 0.2) is 29.4 Å². The molecule has 9 heteroatoms. The maximum absolute atomic E-state index is 12.6. The monoisotopic (exact) mass is 408 g/mol. The van der Waals surface area contributed by atoms with Crippen molar-refractivity contribution in [2.75, 3.05) is 18.6 Å².